The number of aromatic nitrogens is 3. The zero-order chi connectivity index (χ0) is 35.4. The van der Waals surface area contributed by atoms with Crippen molar-refractivity contribution in [2.45, 2.75) is 62.7 Å². The van der Waals surface area contributed by atoms with Crippen molar-refractivity contribution in [2.75, 3.05) is 38.0 Å². The number of benzene rings is 2. The van der Waals surface area contributed by atoms with Crippen LogP contribution in [-0.4, -0.2) is 70.7 Å². The van der Waals surface area contributed by atoms with E-state index in [4.69, 9.17) is 17.2 Å². The molecule has 4 aromatic rings. The highest BCUT2D eigenvalue weighted by molar-refractivity contribution is 6.02. The molecule has 9 rings (SSSR count). The molecular weight excluding hydrogens is 648 g/mol. The lowest BCUT2D eigenvalue weighted by Crippen LogP contribution is -2.49. The third-order valence-electron chi connectivity index (χ3n) is 11.7. The molecule has 2 aliphatic carbocycles. The number of rotatable bonds is 7. The Morgan fingerprint density at radius 1 is 1.04 bits per heavy atom. The summed E-state index contributed by atoms with van der Waals surface area (Å²) in [6.07, 6.45) is 3.66. The number of hydrogen-bond acceptors (Lipinski definition) is 7. The van der Waals surface area contributed by atoms with Crippen molar-refractivity contribution >= 4 is 27.5 Å². The van der Waals surface area contributed by atoms with Crippen LogP contribution in [-0.2, 0) is 0 Å². The highest BCUT2D eigenvalue weighted by Crippen LogP contribution is 2.66. The van der Waals surface area contributed by atoms with Gasteiger partial charge in [-0.3, -0.25) is 9.88 Å². The Kier molecular flexibility index (Phi) is 6.55. The van der Waals surface area contributed by atoms with Crippen LogP contribution in [0.15, 0.2) is 48.2 Å². The number of ether oxygens (including phenoxy) is 2. The molecule has 0 radical (unpaired) electrons. The second-order valence-corrected chi connectivity index (χ2v) is 14.1. The zero-order valence-electron chi connectivity index (χ0n) is 28.3. The molecule has 3 aliphatic heterocycles. The van der Waals surface area contributed by atoms with E-state index in [1.165, 1.54) is 18.3 Å². The maximum atomic E-state index is 17.0. The summed E-state index contributed by atoms with van der Waals surface area (Å²) >= 11 is 0. The van der Waals surface area contributed by atoms with Crippen molar-refractivity contribution < 1.29 is 38.6 Å². The van der Waals surface area contributed by atoms with E-state index in [0.717, 1.165) is 38.2 Å². The molecule has 2 aromatic carbocycles. The minimum atomic E-state index is -3.74. The lowest BCUT2D eigenvalue weighted by atomic mass is 9.80. The number of hydrogen-bond donors (Lipinski definition) is 0. The van der Waals surface area contributed by atoms with Crippen LogP contribution in [0, 0.1) is 23.0 Å². The number of pyridine rings is 1. The van der Waals surface area contributed by atoms with Crippen LogP contribution in [0.4, 0.5) is 32.2 Å². The van der Waals surface area contributed by atoms with Gasteiger partial charge in [0, 0.05) is 41.7 Å². The summed E-state index contributed by atoms with van der Waals surface area (Å²) in [6.45, 7) is -2.48. The first-order chi connectivity index (χ1) is 24.4. The molecule has 2 aromatic heterocycles. The van der Waals surface area contributed by atoms with Crippen molar-refractivity contribution in [3.8, 4) is 23.0 Å². The van der Waals surface area contributed by atoms with Crippen molar-refractivity contribution in [2.24, 2.45) is 11.3 Å². The number of nitrogens with zero attached hydrogens (tertiary/aromatic N) is 5. The standard InChI is InChI=1S/C36H33F6N5O2/c37-18-49-31-24(38)8-7-19-4-3-6-21(25(19)31)28-27(40)29-23(15-43-28)33(47-12-2-1-5-22-26(39)30(22)47)45-34(44-29)48-17-36-14-20(32(41)42)16-46(36)13-11-35(36)9-10-35/h3-4,6-8,15,22,26,30H,1-2,5,9-14,16-18H2/t22-,26-,30-,36-/m0/s1/i18D2. The van der Waals surface area contributed by atoms with Crippen LogP contribution in [0.25, 0.3) is 32.9 Å². The average molecular weight is 684 g/mol. The Balaban J connectivity index is 1.19. The molecule has 256 valence electrons. The number of fused-ring (bicyclic) bond motifs is 5. The first-order valence-corrected chi connectivity index (χ1v) is 16.7. The Morgan fingerprint density at radius 3 is 2.69 bits per heavy atom. The van der Waals surface area contributed by atoms with Crippen LogP contribution in [0.3, 0.4) is 0 Å². The maximum Gasteiger partial charge on any atom is 0.319 e. The molecule has 5 heterocycles. The molecule has 5 aliphatic rings. The summed E-state index contributed by atoms with van der Waals surface area (Å²) in [4.78, 5) is 17.5. The van der Waals surface area contributed by atoms with E-state index in [-0.39, 0.29) is 75.9 Å². The van der Waals surface area contributed by atoms with Crippen molar-refractivity contribution in [3.05, 3.63) is 59.8 Å². The minimum absolute atomic E-state index is 0.000599. The lowest BCUT2D eigenvalue weighted by Gasteiger charge is -2.36. The molecule has 0 bridgehead atoms. The molecule has 5 fully saturated rings. The number of anilines is 1. The van der Waals surface area contributed by atoms with Crippen LogP contribution in [0.5, 0.6) is 11.8 Å². The van der Waals surface area contributed by atoms with Gasteiger partial charge in [0.15, 0.2) is 17.4 Å². The van der Waals surface area contributed by atoms with Crippen LogP contribution >= 0.6 is 0 Å². The fourth-order valence-electron chi connectivity index (χ4n) is 9.03. The second kappa shape index (κ2) is 11.2. The molecule has 0 amide bonds. The largest absolute Gasteiger partial charge is 0.461 e. The van der Waals surface area contributed by atoms with Crippen molar-refractivity contribution in [1.82, 2.24) is 19.9 Å². The first-order valence-electron chi connectivity index (χ1n) is 17.7. The topological polar surface area (TPSA) is 63.6 Å². The fourth-order valence-corrected chi connectivity index (χ4v) is 9.03. The molecule has 3 saturated heterocycles. The molecule has 2 saturated carbocycles. The van der Waals surface area contributed by atoms with Crippen LogP contribution < -0.4 is 14.4 Å². The van der Waals surface area contributed by atoms with Crippen molar-refractivity contribution in [3.63, 3.8) is 0 Å². The minimum Gasteiger partial charge on any atom is -0.461 e. The molecule has 49 heavy (non-hydrogen) atoms. The van der Waals surface area contributed by atoms with Gasteiger partial charge in [0.25, 0.3) is 6.08 Å². The lowest BCUT2D eigenvalue weighted by molar-refractivity contribution is 0.0648. The highest BCUT2D eigenvalue weighted by Gasteiger charge is 2.68. The molecule has 0 unspecified atom stereocenters. The summed E-state index contributed by atoms with van der Waals surface area (Å²) in [5, 5.41) is 0.393. The molecule has 13 heteroatoms. The monoisotopic (exact) mass is 683 g/mol. The highest BCUT2D eigenvalue weighted by atomic mass is 19.3. The van der Waals surface area contributed by atoms with E-state index >= 15 is 13.2 Å². The maximum absolute atomic E-state index is 17.0. The van der Waals surface area contributed by atoms with Crippen LogP contribution in [0.1, 0.15) is 47.7 Å². The smallest absolute Gasteiger partial charge is 0.319 e. The predicted octanol–water partition coefficient (Wildman–Crippen LogP) is 7.91. The zero-order valence-corrected chi connectivity index (χ0v) is 26.3. The average Bonchev–Trinajstić information content (AvgIpc) is 3.96. The summed E-state index contributed by atoms with van der Waals surface area (Å²) in [7, 11) is 0. The molecule has 1 spiro atoms. The Morgan fingerprint density at radius 2 is 1.90 bits per heavy atom. The Labute approximate surface area is 280 Å². The SMILES string of the molecule is [2H]C([2H])(F)Oc1c(F)ccc2cccc(-c3ncc4c(N5CCCC[C@H]6[C@H](F)[C@H]65)nc(OC[C@]56CC(=C(F)F)CN5CCC65CC5)nc4c3F)c12. The van der Waals surface area contributed by atoms with Gasteiger partial charge >= 0.3 is 6.01 Å². The van der Waals surface area contributed by atoms with Gasteiger partial charge in [-0.05, 0) is 61.9 Å². The van der Waals surface area contributed by atoms with E-state index in [1.54, 1.807) is 12.1 Å². The van der Waals surface area contributed by atoms with Gasteiger partial charge in [-0.15, -0.1) is 0 Å². The summed E-state index contributed by atoms with van der Waals surface area (Å²) in [5.41, 5.74) is -1.30. The summed E-state index contributed by atoms with van der Waals surface area (Å²) in [6, 6.07) is 6.24. The predicted molar refractivity (Wildman–Crippen MR) is 170 cm³/mol. The second-order valence-electron chi connectivity index (χ2n) is 14.1. The Hall–Kier alpha value is -4.13. The quantitative estimate of drug-likeness (QED) is 0.184. The molecule has 7 nitrogen and oxygen atoms in total. The molecule has 4 atom stereocenters. The van der Waals surface area contributed by atoms with E-state index in [9.17, 15) is 13.2 Å². The van der Waals surface area contributed by atoms with Gasteiger partial charge in [-0.25, -0.2) is 17.6 Å². The number of alkyl halides is 2. The Bertz CT molecular complexity index is 2130. The first kappa shape index (κ1) is 28.7. The third kappa shape index (κ3) is 4.63. The van der Waals surface area contributed by atoms with Gasteiger partial charge < -0.3 is 14.4 Å². The normalized spacial score (nSPS) is 27.9. The summed E-state index contributed by atoms with van der Waals surface area (Å²) < 4.78 is 115. The van der Waals surface area contributed by atoms with Gasteiger partial charge in [0.1, 0.15) is 32.5 Å². The summed E-state index contributed by atoms with van der Waals surface area (Å²) in [5.74, 6) is -2.72. The van der Waals surface area contributed by atoms with E-state index < -0.39 is 48.0 Å². The third-order valence-corrected chi connectivity index (χ3v) is 11.7. The van der Waals surface area contributed by atoms with E-state index in [2.05, 4.69) is 14.9 Å². The van der Waals surface area contributed by atoms with Gasteiger partial charge in [-0.2, -0.15) is 18.7 Å². The van der Waals surface area contributed by atoms with Gasteiger partial charge in [-0.1, -0.05) is 30.7 Å². The molecule has 0 N–H and O–H groups in total. The van der Waals surface area contributed by atoms with E-state index in [0.29, 0.717) is 24.9 Å². The van der Waals surface area contributed by atoms with Gasteiger partial charge in [0.05, 0.1) is 17.0 Å². The fraction of sp³-hybridized carbons (Fsp3) is 0.472. The number of halogens is 6. The molecular formula is C36H33F6N5O2. The van der Waals surface area contributed by atoms with Gasteiger partial charge in [0.2, 0.25) is 6.81 Å². The van der Waals surface area contributed by atoms with Crippen molar-refractivity contribution in [1.29, 1.82) is 0 Å². The van der Waals surface area contributed by atoms with E-state index in [1.807, 2.05) is 4.90 Å². The van der Waals surface area contributed by atoms with Crippen LogP contribution in [0.2, 0.25) is 0 Å².